The van der Waals surface area contributed by atoms with Gasteiger partial charge in [0.25, 0.3) is 0 Å². The lowest BCUT2D eigenvalue weighted by atomic mass is 10.3. The first-order valence-electron chi connectivity index (χ1n) is 2.89. The zero-order valence-corrected chi connectivity index (χ0v) is 5.47. The highest BCUT2D eigenvalue weighted by atomic mass is 19.1. The Hall–Kier alpha value is -1.45. The quantitative estimate of drug-likeness (QED) is 0.654. The Morgan fingerprint density at radius 3 is 2.73 bits per heavy atom. The van der Waals surface area contributed by atoms with E-state index >= 15 is 0 Å². The highest BCUT2D eigenvalue weighted by molar-refractivity contribution is 5.71. The summed E-state index contributed by atoms with van der Waals surface area (Å²) in [5, 5.41) is 2.08. The van der Waals surface area contributed by atoms with Crippen LogP contribution in [-0.4, -0.2) is 6.41 Å². The number of hydrogen-bond acceptors (Lipinski definition) is 1. The van der Waals surface area contributed by atoms with E-state index in [1.807, 2.05) is 0 Å². The van der Waals surface area contributed by atoms with E-state index in [0.29, 0.717) is 12.5 Å². The lowest BCUT2D eigenvalue weighted by Gasteiger charge is -1.98. The molecule has 0 heterocycles. The maximum absolute atomic E-state index is 12.6. The minimum absolute atomic E-state index is 0. The van der Waals surface area contributed by atoms with Gasteiger partial charge in [0.1, 0.15) is 11.6 Å². The van der Waals surface area contributed by atoms with E-state index in [9.17, 15) is 13.6 Å². The molecule has 0 fully saturated rings. The average Bonchev–Trinajstić information content (AvgIpc) is 1.95. The first kappa shape index (κ1) is 7.65. The summed E-state index contributed by atoms with van der Waals surface area (Å²) >= 11 is 0. The van der Waals surface area contributed by atoms with Crippen molar-refractivity contribution in [2.75, 3.05) is 5.32 Å². The molecule has 0 saturated heterocycles. The van der Waals surface area contributed by atoms with Gasteiger partial charge in [0, 0.05) is 7.49 Å². The SMILES string of the molecule is O=CNc1ccc(F)cc1F.[HH]. The summed E-state index contributed by atoms with van der Waals surface area (Å²) in [7, 11) is 0. The molecule has 11 heavy (non-hydrogen) atoms. The fourth-order valence-electron chi connectivity index (χ4n) is 0.670. The van der Waals surface area contributed by atoms with Crippen molar-refractivity contribution in [1.29, 1.82) is 0 Å². The van der Waals surface area contributed by atoms with Gasteiger partial charge in [-0.15, -0.1) is 0 Å². The lowest BCUT2D eigenvalue weighted by Crippen LogP contribution is -1.96. The lowest BCUT2D eigenvalue weighted by molar-refractivity contribution is -0.105. The minimum Gasteiger partial charge on any atom is -0.326 e. The van der Waals surface area contributed by atoms with E-state index in [4.69, 9.17) is 0 Å². The Kier molecular flexibility index (Phi) is 2.15. The van der Waals surface area contributed by atoms with Crippen molar-refractivity contribution in [3.8, 4) is 0 Å². The number of carbonyl (C=O) groups is 1. The summed E-state index contributed by atoms with van der Waals surface area (Å²) in [6.07, 6.45) is 0.330. The Labute approximate surface area is 63.3 Å². The van der Waals surface area contributed by atoms with Crippen LogP contribution < -0.4 is 5.32 Å². The molecule has 1 amide bonds. The molecule has 0 spiro atoms. The van der Waals surface area contributed by atoms with Crippen molar-refractivity contribution >= 4 is 12.1 Å². The van der Waals surface area contributed by atoms with Gasteiger partial charge in [0.05, 0.1) is 5.69 Å². The number of hydrogen-bond donors (Lipinski definition) is 1. The number of halogens is 2. The fraction of sp³-hybridized carbons (Fsp3) is 0. The van der Waals surface area contributed by atoms with Crippen LogP contribution in [-0.2, 0) is 4.79 Å². The zero-order chi connectivity index (χ0) is 8.27. The van der Waals surface area contributed by atoms with Crippen LogP contribution in [0.25, 0.3) is 0 Å². The van der Waals surface area contributed by atoms with Crippen LogP contribution in [0.4, 0.5) is 14.5 Å². The van der Waals surface area contributed by atoms with Crippen molar-refractivity contribution in [2.24, 2.45) is 0 Å². The summed E-state index contributed by atoms with van der Waals surface area (Å²) in [4.78, 5) is 9.84. The van der Waals surface area contributed by atoms with Crippen molar-refractivity contribution < 1.29 is 15.0 Å². The molecular formula is C7H7F2NO. The second kappa shape index (κ2) is 3.09. The van der Waals surface area contributed by atoms with Gasteiger partial charge in [0.15, 0.2) is 0 Å². The zero-order valence-electron chi connectivity index (χ0n) is 5.47. The first-order chi connectivity index (χ1) is 5.24. The highest BCUT2D eigenvalue weighted by Gasteiger charge is 2.00. The molecule has 0 unspecified atom stereocenters. The minimum atomic E-state index is -0.780. The number of nitrogens with one attached hydrogen (secondary N) is 1. The molecule has 0 aliphatic heterocycles. The monoisotopic (exact) mass is 159 g/mol. The van der Waals surface area contributed by atoms with Gasteiger partial charge in [-0.1, -0.05) is 0 Å². The molecule has 0 radical (unpaired) electrons. The van der Waals surface area contributed by atoms with Crippen LogP contribution in [0.3, 0.4) is 0 Å². The standard InChI is InChI=1S/C7H5F2NO.H2/c8-5-1-2-7(10-4-11)6(9)3-5;/h1-4H,(H,10,11);1H. The summed E-state index contributed by atoms with van der Waals surface area (Å²) in [5.41, 5.74) is -0.0265. The molecule has 4 heteroatoms. The molecule has 1 N–H and O–H groups in total. The first-order valence-corrected chi connectivity index (χ1v) is 2.89. The normalized spacial score (nSPS) is 9.27. The molecule has 0 atom stereocenters. The van der Waals surface area contributed by atoms with Gasteiger partial charge < -0.3 is 5.32 Å². The summed E-state index contributed by atoms with van der Waals surface area (Å²) in [5.74, 6) is -1.45. The van der Waals surface area contributed by atoms with Gasteiger partial charge in [-0.2, -0.15) is 0 Å². The molecule has 0 aliphatic carbocycles. The third-order valence-electron chi connectivity index (χ3n) is 1.15. The smallest absolute Gasteiger partial charge is 0.211 e. The third-order valence-corrected chi connectivity index (χ3v) is 1.15. The average molecular weight is 159 g/mol. The van der Waals surface area contributed by atoms with E-state index in [1.54, 1.807) is 0 Å². The van der Waals surface area contributed by atoms with Crippen molar-refractivity contribution in [3.63, 3.8) is 0 Å². The van der Waals surface area contributed by atoms with E-state index < -0.39 is 11.6 Å². The van der Waals surface area contributed by atoms with Crippen molar-refractivity contribution in [2.45, 2.75) is 0 Å². The van der Waals surface area contributed by atoms with Gasteiger partial charge in [0.2, 0.25) is 6.41 Å². The topological polar surface area (TPSA) is 29.1 Å². The number of amides is 1. The number of rotatable bonds is 2. The van der Waals surface area contributed by atoms with E-state index in [0.717, 1.165) is 12.1 Å². The van der Waals surface area contributed by atoms with Crippen LogP contribution in [0.2, 0.25) is 0 Å². The fourth-order valence-corrected chi connectivity index (χ4v) is 0.670. The molecule has 2 nitrogen and oxygen atoms in total. The van der Waals surface area contributed by atoms with Crippen LogP contribution in [0.15, 0.2) is 18.2 Å². The van der Waals surface area contributed by atoms with Crippen LogP contribution >= 0.6 is 0 Å². The maximum Gasteiger partial charge on any atom is 0.211 e. The van der Waals surface area contributed by atoms with Gasteiger partial charge in [-0.3, -0.25) is 4.79 Å². The summed E-state index contributed by atoms with van der Waals surface area (Å²) in [6, 6.07) is 2.92. The predicted molar refractivity (Wildman–Crippen MR) is 38.2 cm³/mol. The van der Waals surface area contributed by atoms with Gasteiger partial charge in [-0.05, 0) is 12.1 Å². The maximum atomic E-state index is 12.6. The van der Waals surface area contributed by atoms with E-state index in [-0.39, 0.29) is 7.11 Å². The van der Waals surface area contributed by atoms with Gasteiger partial charge in [-0.25, -0.2) is 8.78 Å². The summed E-state index contributed by atoms with van der Waals surface area (Å²) in [6.45, 7) is 0. The Morgan fingerprint density at radius 1 is 1.45 bits per heavy atom. The second-order valence-corrected chi connectivity index (χ2v) is 1.89. The molecule has 1 aromatic rings. The molecular weight excluding hydrogens is 152 g/mol. The third kappa shape index (κ3) is 1.73. The summed E-state index contributed by atoms with van der Waals surface area (Å²) < 4.78 is 24.8. The number of anilines is 1. The second-order valence-electron chi connectivity index (χ2n) is 1.89. The Balaban J connectivity index is 0.00000121. The molecule has 1 aromatic carbocycles. The highest BCUT2D eigenvalue weighted by Crippen LogP contribution is 2.13. The molecule has 0 bridgehead atoms. The molecule has 60 valence electrons. The number of carbonyl (C=O) groups excluding carboxylic acids is 1. The van der Waals surface area contributed by atoms with Crippen LogP contribution in [0.1, 0.15) is 1.43 Å². The largest absolute Gasteiger partial charge is 0.326 e. The Morgan fingerprint density at radius 2 is 2.18 bits per heavy atom. The molecule has 0 aromatic heterocycles. The van der Waals surface area contributed by atoms with Crippen LogP contribution in [0, 0.1) is 11.6 Å². The van der Waals surface area contributed by atoms with E-state index in [2.05, 4.69) is 5.32 Å². The van der Waals surface area contributed by atoms with Gasteiger partial charge >= 0.3 is 0 Å². The molecule has 1 rings (SSSR count). The molecule has 0 saturated carbocycles. The predicted octanol–water partition coefficient (Wildman–Crippen LogP) is 1.78. The van der Waals surface area contributed by atoms with Crippen molar-refractivity contribution in [3.05, 3.63) is 29.8 Å². The van der Waals surface area contributed by atoms with Crippen molar-refractivity contribution in [1.82, 2.24) is 0 Å². The molecule has 0 aliphatic rings. The Bertz CT molecular complexity index is 280. The number of benzene rings is 1. The van der Waals surface area contributed by atoms with Crippen LogP contribution in [0.5, 0.6) is 0 Å². The van der Waals surface area contributed by atoms with E-state index in [1.165, 1.54) is 0 Å².